The number of hydrogen-bond acceptors (Lipinski definition) is 8. The molecule has 0 fully saturated rings. The minimum Gasteiger partial charge on any atom is -0.462 e. The third-order valence-corrected chi connectivity index (χ3v) is 5.17. The van der Waals surface area contributed by atoms with Crippen LogP contribution in [0.25, 0.3) is 0 Å². The number of hydrogen-bond donors (Lipinski definition) is 0. The summed E-state index contributed by atoms with van der Waals surface area (Å²) < 4.78 is 21.2. The standard InChI is InChI=1S/C29H40O8/c1-11-23(30)34-15-28(7,8)17-36-25(32)20-12-21(14-22(13-20)27(4,5)6)26(33)37-18-29(9,10)16-35-24(31)19(2)3/h11-14H,1-2,15-18H2,3-10H3. The van der Waals surface area contributed by atoms with Crippen molar-refractivity contribution < 1.29 is 38.1 Å². The van der Waals surface area contributed by atoms with Crippen molar-refractivity contribution in [2.75, 3.05) is 26.4 Å². The fourth-order valence-electron chi connectivity index (χ4n) is 2.78. The summed E-state index contributed by atoms with van der Waals surface area (Å²) in [6.07, 6.45) is 1.07. The van der Waals surface area contributed by atoms with Gasteiger partial charge in [-0.05, 0) is 36.1 Å². The van der Waals surface area contributed by atoms with E-state index < -0.39 is 34.7 Å². The van der Waals surface area contributed by atoms with E-state index in [9.17, 15) is 19.2 Å². The number of rotatable bonds is 12. The smallest absolute Gasteiger partial charge is 0.338 e. The number of ether oxygens (including phenoxy) is 4. The van der Waals surface area contributed by atoms with E-state index in [-0.39, 0.29) is 48.5 Å². The van der Waals surface area contributed by atoms with Crippen molar-refractivity contribution in [2.24, 2.45) is 10.8 Å². The molecule has 0 aliphatic heterocycles. The van der Waals surface area contributed by atoms with Crippen molar-refractivity contribution in [2.45, 2.75) is 60.8 Å². The maximum absolute atomic E-state index is 12.9. The summed E-state index contributed by atoms with van der Waals surface area (Å²) in [4.78, 5) is 48.9. The van der Waals surface area contributed by atoms with Gasteiger partial charge in [0.1, 0.15) is 0 Å². The van der Waals surface area contributed by atoms with E-state index in [1.807, 2.05) is 20.8 Å². The third-order valence-electron chi connectivity index (χ3n) is 5.17. The van der Waals surface area contributed by atoms with E-state index in [0.29, 0.717) is 0 Å². The van der Waals surface area contributed by atoms with Crippen LogP contribution in [-0.4, -0.2) is 50.3 Å². The van der Waals surface area contributed by atoms with Gasteiger partial charge in [0.15, 0.2) is 0 Å². The highest BCUT2D eigenvalue weighted by atomic mass is 16.6. The predicted molar refractivity (Wildman–Crippen MR) is 140 cm³/mol. The average Bonchev–Trinajstić information content (AvgIpc) is 2.82. The quantitative estimate of drug-likeness (QED) is 0.212. The highest BCUT2D eigenvalue weighted by Gasteiger charge is 2.27. The molecule has 204 valence electrons. The van der Waals surface area contributed by atoms with E-state index in [4.69, 9.17) is 18.9 Å². The van der Waals surface area contributed by atoms with E-state index in [1.54, 1.807) is 46.8 Å². The van der Waals surface area contributed by atoms with Crippen LogP contribution in [0.15, 0.2) is 43.0 Å². The van der Waals surface area contributed by atoms with Gasteiger partial charge in [-0.2, -0.15) is 0 Å². The second kappa shape index (κ2) is 12.7. The Morgan fingerprint density at radius 2 is 1.14 bits per heavy atom. The lowest BCUT2D eigenvalue weighted by Gasteiger charge is -2.25. The molecule has 0 unspecified atom stereocenters. The molecule has 1 aromatic carbocycles. The van der Waals surface area contributed by atoms with Crippen LogP contribution in [0.1, 0.15) is 81.7 Å². The highest BCUT2D eigenvalue weighted by molar-refractivity contribution is 5.96. The van der Waals surface area contributed by atoms with Crippen molar-refractivity contribution >= 4 is 23.9 Å². The zero-order valence-electron chi connectivity index (χ0n) is 23.3. The Balaban J connectivity index is 3.00. The molecule has 0 aliphatic rings. The van der Waals surface area contributed by atoms with E-state index in [2.05, 4.69) is 13.2 Å². The largest absolute Gasteiger partial charge is 0.462 e. The summed E-state index contributed by atoms with van der Waals surface area (Å²) in [5.41, 5.74) is -0.183. The lowest BCUT2D eigenvalue weighted by molar-refractivity contribution is -0.143. The molecule has 0 atom stereocenters. The topological polar surface area (TPSA) is 105 Å². The highest BCUT2D eigenvalue weighted by Crippen LogP contribution is 2.27. The SMILES string of the molecule is C=CC(=O)OCC(C)(C)COC(=O)c1cc(C(=O)OCC(C)(C)COC(=O)C(=C)C)cc(C(C)(C)C)c1. The van der Waals surface area contributed by atoms with Gasteiger partial charge in [-0.1, -0.05) is 61.6 Å². The maximum Gasteiger partial charge on any atom is 0.338 e. The van der Waals surface area contributed by atoms with Crippen molar-refractivity contribution in [3.63, 3.8) is 0 Å². The summed E-state index contributed by atoms with van der Waals surface area (Å²) >= 11 is 0. The van der Waals surface area contributed by atoms with Crippen molar-refractivity contribution in [3.05, 3.63) is 59.7 Å². The molecule has 1 aromatic rings. The molecule has 0 radical (unpaired) electrons. The zero-order valence-corrected chi connectivity index (χ0v) is 23.3. The lowest BCUT2D eigenvalue weighted by Crippen LogP contribution is -2.29. The van der Waals surface area contributed by atoms with Gasteiger partial charge in [-0.15, -0.1) is 0 Å². The summed E-state index contributed by atoms with van der Waals surface area (Å²) in [6, 6.07) is 4.80. The average molecular weight is 517 g/mol. The first-order chi connectivity index (χ1) is 16.9. The molecule has 0 heterocycles. The lowest BCUT2D eigenvalue weighted by atomic mass is 9.85. The maximum atomic E-state index is 12.9. The van der Waals surface area contributed by atoms with Gasteiger partial charge >= 0.3 is 23.9 Å². The van der Waals surface area contributed by atoms with Gasteiger partial charge in [0.25, 0.3) is 0 Å². The first-order valence-electron chi connectivity index (χ1n) is 12.0. The van der Waals surface area contributed by atoms with Crippen LogP contribution < -0.4 is 0 Å². The monoisotopic (exact) mass is 516 g/mol. The third kappa shape index (κ3) is 11.0. The van der Waals surface area contributed by atoms with Crippen LogP contribution in [0.2, 0.25) is 0 Å². The summed E-state index contributed by atoms with van der Waals surface area (Å²) in [5, 5.41) is 0. The fourth-order valence-corrected chi connectivity index (χ4v) is 2.78. The van der Waals surface area contributed by atoms with Crippen LogP contribution in [0.4, 0.5) is 0 Å². The van der Waals surface area contributed by atoms with Gasteiger partial charge in [0.2, 0.25) is 0 Å². The second-order valence-electron chi connectivity index (χ2n) is 11.7. The molecule has 0 saturated carbocycles. The molecule has 37 heavy (non-hydrogen) atoms. The molecule has 8 nitrogen and oxygen atoms in total. The van der Waals surface area contributed by atoms with E-state index in [0.717, 1.165) is 11.6 Å². The van der Waals surface area contributed by atoms with E-state index >= 15 is 0 Å². The molecule has 0 N–H and O–H groups in total. The predicted octanol–water partition coefficient (Wildman–Crippen LogP) is 5.20. The Bertz CT molecular complexity index is 1040. The number of benzene rings is 1. The minimum atomic E-state index is -0.634. The number of carbonyl (C=O) groups excluding carboxylic acids is 4. The molecule has 1 rings (SSSR count). The van der Waals surface area contributed by atoms with Gasteiger partial charge in [0, 0.05) is 22.5 Å². The summed E-state index contributed by atoms with van der Waals surface area (Å²) in [6.45, 7) is 21.6. The van der Waals surface area contributed by atoms with Gasteiger partial charge in [-0.3, -0.25) is 0 Å². The van der Waals surface area contributed by atoms with Crippen LogP contribution in [-0.2, 0) is 34.0 Å². The van der Waals surface area contributed by atoms with Gasteiger partial charge in [-0.25, -0.2) is 19.2 Å². The molecule has 0 amide bonds. The van der Waals surface area contributed by atoms with Gasteiger partial charge < -0.3 is 18.9 Å². The molecule has 0 aromatic heterocycles. The second-order valence-corrected chi connectivity index (χ2v) is 11.7. The van der Waals surface area contributed by atoms with Crippen molar-refractivity contribution in [1.29, 1.82) is 0 Å². The molecular formula is C29H40O8. The Morgan fingerprint density at radius 1 is 0.730 bits per heavy atom. The molecular weight excluding hydrogens is 476 g/mol. The van der Waals surface area contributed by atoms with Crippen molar-refractivity contribution in [1.82, 2.24) is 0 Å². The van der Waals surface area contributed by atoms with Crippen LogP contribution in [0.5, 0.6) is 0 Å². The zero-order chi connectivity index (χ0) is 28.6. The first kappa shape index (κ1) is 31.6. The Morgan fingerprint density at radius 3 is 1.51 bits per heavy atom. The summed E-state index contributed by atoms with van der Waals surface area (Å²) in [5.74, 6) is -2.30. The van der Waals surface area contributed by atoms with Crippen LogP contribution >= 0.6 is 0 Å². The number of esters is 4. The van der Waals surface area contributed by atoms with Crippen LogP contribution in [0.3, 0.4) is 0 Å². The van der Waals surface area contributed by atoms with Crippen LogP contribution in [0, 0.1) is 10.8 Å². The first-order valence-corrected chi connectivity index (χ1v) is 12.0. The molecule has 0 bridgehead atoms. The molecule has 0 saturated heterocycles. The molecule has 8 heteroatoms. The Labute approximate surface area is 220 Å². The minimum absolute atomic E-state index is 0.00707. The summed E-state index contributed by atoms with van der Waals surface area (Å²) in [7, 11) is 0. The van der Waals surface area contributed by atoms with E-state index in [1.165, 1.54) is 6.07 Å². The normalized spacial score (nSPS) is 11.8. The van der Waals surface area contributed by atoms with Gasteiger partial charge in [0.05, 0.1) is 37.6 Å². The molecule has 0 spiro atoms. The number of carbonyl (C=O) groups is 4. The molecule has 0 aliphatic carbocycles. The van der Waals surface area contributed by atoms with Crippen molar-refractivity contribution in [3.8, 4) is 0 Å². The Hall–Kier alpha value is -3.42. The fraction of sp³-hybridized carbons (Fsp3) is 0.517. The Kier molecular flexibility index (Phi) is 10.9.